The second-order valence-electron chi connectivity index (χ2n) is 0.751. The minimum absolute atomic E-state index is 0. The zero-order valence-electron chi connectivity index (χ0n) is 4.63. The van der Waals surface area contributed by atoms with Crippen molar-refractivity contribution in [2.45, 2.75) is 0 Å². The molecule has 0 aromatic carbocycles. The second-order valence-corrected chi connectivity index (χ2v) is 2.25. The van der Waals surface area contributed by atoms with Crippen LogP contribution in [0.1, 0.15) is 0 Å². The molecular weight excluding hydrogens is 211 g/mol. The summed E-state index contributed by atoms with van der Waals surface area (Å²) >= 11 is 0. The van der Waals surface area contributed by atoms with Crippen LogP contribution in [-0.2, 0) is 9.03 Å². The molecule has 0 amide bonds. The third-order valence-corrected chi connectivity index (χ3v) is 0. The third kappa shape index (κ3) is 589. The molecule has 0 aromatic rings. The van der Waals surface area contributed by atoms with Crippen LogP contribution < -0.4 is 9.79 Å². The molecule has 10 heavy (non-hydrogen) atoms. The zero-order chi connectivity index (χ0) is 8.08. The molecule has 0 aromatic heterocycles. The van der Waals surface area contributed by atoms with Gasteiger partial charge < -0.3 is 28.8 Å². The van der Waals surface area contributed by atoms with Crippen molar-refractivity contribution in [3.05, 3.63) is 0 Å². The monoisotopic (exact) mass is 214 g/mol. The minimum atomic E-state index is -5.14. The molecule has 56 valence electrons. The van der Waals surface area contributed by atoms with E-state index < -0.39 is 17.0 Å². The summed E-state index contributed by atoms with van der Waals surface area (Å²) in [5, 5.41) is 0. The van der Waals surface area contributed by atoms with Crippen LogP contribution in [0.3, 0.4) is 0 Å². The fourth-order valence-corrected chi connectivity index (χ4v) is 0. The van der Waals surface area contributed by atoms with E-state index in [1.54, 1.807) is 0 Å². The van der Waals surface area contributed by atoms with Crippen LogP contribution in [0.4, 0.5) is 0 Å². The van der Waals surface area contributed by atoms with Crippen LogP contribution in [0.5, 0.6) is 0 Å². The molecule has 0 rings (SSSR count). The molecule has 0 bridgehead atoms. The Morgan fingerprint density at radius 1 is 1.30 bits per heavy atom. The predicted octanol–water partition coefficient (Wildman–Crippen LogP) is -4.19. The number of hydrogen-bond acceptors (Lipinski definition) is 4. The summed E-state index contributed by atoms with van der Waals surface area (Å²) in [6.07, 6.45) is 0. The van der Waals surface area contributed by atoms with Gasteiger partial charge in [0.25, 0.3) is 0 Å². The smallest absolute Gasteiger partial charge is 0.790 e. The Labute approximate surface area is 87.5 Å². The standard InChI is InChI=1S/Ca.H3O4P.H2O3Si/c;1-5(2,3)4;1-4(2)3/h;(H3,1,2,3,4);1-2H/q+2;;/p-2. The van der Waals surface area contributed by atoms with Crippen LogP contribution in [0.15, 0.2) is 0 Å². The quantitative estimate of drug-likeness (QED) is 0.274. The molecule has 0 heterocycles. The van der Waals surface area contributed by atoms with Crippen LogP contribution in [0.25, 0.3) is 0 Å². The summed E-state index contributed by atoms with van der Waals surface area (Å²) in [6.45, 7) is 0. The summed E-state index contributed by atoms with van der Waals surface area (Å²) < 4.78 is 17.4. The third-order valence-electron chi connectivity index (χ3n) is 0. The first-order valence-corrected chi connectivity index (χ1v) is 4.20. The molecular formula is H3CaO7PSi. The van der Waals surface area contributed by atoms with Gasteiger partial charge in [-0.15, -0.1) is 0 Å². The first-order valence-electron chi connectivity index (χ1n) is 1.40. The second kappa shape index (κ2) is 8.09. The molecule has 7 nitrogen and oxygen atoms in total. The van der Waals surface area contributed by atoms with Crippen molar-refractivity contribution < 1.29 is 33.3 Å². The molecule has 0 aliphatic rings. The number of hydrogen-bond donors (Lipinski definition) is 3. The van der Waals surface area contributed by atoms with E-state index in [0.717, 1.165) is 0 Å². The van der Waals surface area contributed by atoms with Crippen molar-refractivity contribution in [1.82, 2.24) is 0 Å². The van der Waals surface area contributed by atoms with Gasteiger partial charge in [-0.2, -0.15) is 0 Å². The maximum absolute atomic E-state index is 8.74. The van der Waals surface area contributed by atoms with Crippen LogP contribution in [0, 0.1) is 0 Å². The number of rotatable bonds is 0. The average molecular weight is 214 g/mol. The van der Waals surface area contributed by atoms with E-state index in [1.165, 1.54) is 0 Å². The largest absolute Gasteiger partial charge is 2.00 e. The van der Waals surface area contributed by atoms with E-state index in [-0.39, 0.29) is 37.7 Å². The molecule has 0 saturated heterocycles. The summed E-state index contributed by atoms with van der Waals surface area (Å²) in [4.78, 5) is 38.6. The van der Waals surface area contributed by atoms with Crippen molar-refractivity contribution in [2.75, 3.05) is 0 Å². The fraction of sp³-hybridized carbons (Fsp3) is 0. The first kappa shape index (κ1) is 17.2. The van der Waals surface area contributed by atoms with Crippen LogP contribution in [-0.4, -0.2) is 61.4 Å². The normalized spacial score (nSPS) is 8.30. The first-order chi connectivity index (χ1) is 3.73. The molecule has 0 radical (unpaired) electrons. The Hall–Kier alpha value is 0.987. The Kier molecular flexibility index (Phi) is 13.9. The topological polar surface area (TPSA) is 141 Å². The Balaban J connectivity index is -0.0000000910. The predicted molar refractivity (Wildman–Crippen MR) is 26.5 cm³/mol. The van der Waals surface area contributed by atoms with E-state index >= 15 is 0 Å². The molecule has 10 heteroatoms. The van der Waals surface area contributed by atoms with Crippen molar-refractivity contribution >= 4 is 54.7 Å². The molecule has 3 N–H and O–H groups in total. The molecule has 0 spiro atoms. The van der Waals surface area contributed by atoms with Gasteiger partial charge in [-0.3, -0.25) is 4.46 Å². The van der Waals surface area contributed by atoms with Crippen molar-refractivity contribution in [2.24, 2.45) is 0 Å². The summed E-state index contributed by atoms with van der Waals surface area (Å²) in [7, 11) is -8.27. The van der Waals surface area contributed by atoms with Crippen LogP contribution >= 0.6 is 7.82 Å². The maximum Gasteiger partial charge on any atom is 2.00 e. The summed E-state index contributed by atoms with van der Waals surface area (Å²) in [5.74, 6) is 0. The minimum Gasteiger partial charge on any atom is -0.790 e. The van der Waals surface area contributed by atoms with Gasteiger partial charge >= 0.3 is 46.9 Å². The zero-order valence-corrected chi connectivity index (χ0v) is 8.73. The van der Waals surface area contributed by atoms with E-state index in [4.69, 9.17) is 33.3 Å². The molecule has 0 aliphatic heterocycles. The Morgan fingerprint density at radius 2 is 1.30 bits per heavy atom. The SMILES string of the molecule is O=P([O-])([O-])O.O=[Si](O)O.[Ca+2]. The average Bonchev–Trinajstić information content (AvgIpc) is 1.19. The number of phosphoric acid groups is 1. The van der Waals surface area contributed by atoms with Gasteiger partial charge in [-0.05, 0) is 0 Å². The summed E-state index contributed by atoms with van der Waals surface area (Å²) in [6, 6.07) is 0. The maximum atomic E-state index is 8.74. The van der Waals surface area contributed by atoms with E-state index in [2.05, 4.69) is 0 Å². The van der Waals surface area contributed by atoms with Crippen molar-refractivity contribution in [1.29, 1.82) is 0 Å². The molecule has 0 saturated carbocycles. The van der Waals surface area contributed by atoms with E-state index in [0.29, 0.717) is 0 Å². The van der Waals surface area contributed by atoms with E-state index in [1.807, 2.05) is 0 Å². The van der Waals surface area contributed by atoms with Gasteiger partial charge in [0.05, 0.1) is 7.82 Å². The molecule has 0 aliphatic carbocycles. The molecule has 0 fully saturated rings. The van der Waals surface area contributed by atoms with Crippen molar-refractivity contribution in [3.8, 4) is 0 Å². The fourth-order valence-electron chi connectivity index (χ4n) is 0. The van der Waals surface area contributed by atoms with Crippen LogP contribution in [0.2, 0.25) is 0 Å². The Bertz CT molecular complexity index is 113. The van der Waals surface area contributed by atoms with Crippen molar-refractivity contribution in [3.63, 3.8) is 0 Å². The van der Waals surface area contributed by atoms with E-state index in [9.17, 15) is 0 Å². The van der Waals surface area contributed by atoms with Gasteiger partial charge in [0.15, 0.2) is 0 Å². The van der Waals surface area contributed by atoms with Gasteiger partial charge in [0.1, 0.15) is 0 Å². The van der Waals surface area contributed by atoms with Gasteiger partial charge in [-0.1, -0.05) is 0 Å². The molecule has 0 unspecified atom stereocenters. The van der Waals surface area contributed by atoms with Gasteiger partial charge in [0, 0.05) is 0 Å². The van der Waals surface area contributed by atoms with Gasteiger partial charge in [0.2, 0.25) is 0 Å². The van der Waals surface area contributed by atoms with Gasteiger partial charge in [-0.25, -0.2) is 0 Å². The molecule has 0 atom stereocenters. The Morgan fingerprint density at radius 3 is 1.30 bits per heavy atom. The summed E-state index contributed by atoms with van der Waals surface area (Å²) in [5.41, 5.74) is 0.